The first-order valence-corrected chi connectivity index (χ1v) is 10.0. The minimum Gasteiger partial charge on any atom is -0.469 e. The van der Waals surface area contributed by atoms with Crippen LogP contribution in [0.5, 0.6) is 0 Å². The SMILES string of the molecule is COC(=O)CC(O)CC(O)C=CC1=C(c2ccc(F)cc2)CC(C)(C)CC1(C)C. The number of aliphatic hydroxyl groups is 2. The summed E-state index contributed by atoms with van der Waals surface area (Å²) in [5, 5.41) is 20.3. The maximum absolute atomic E-state index is 13.4. The molecule has 1 aliphatic carbocycles. The molecule has 0 aliphatic heterocycles. The van der Waals surface area contributed by atoms with E-state index in [0.717, 1.165) is 29.6 Å². The molecular formula is C24H33FO4. The van der Waals surface area contributed by atoms with E-state index in [1.807, 2.05) is 6.08 Å². The van der Waals surface area contributed by atoms with Gasteiger partial charge in [0.15, 0.2) is 0 Å². The Bertz CT molecular complexity index is 775. The molecule has 4 nitrogen and oxygen atoms in total. The van der Waals surface area contributed by atoms with Gasteiger partial charge >= 0.3 is 5.97 Å². The van der Waals surface area contributed by atoms with Gasteiger partial charge in [-0.25, -0.2) is 4.39 Å². The van der Waals surface area contributed by atoms with E-state index < -0.39 is 18.2 Å². The second kappa shape index (κ2) is 9.23. The molecule has 0 radical (unpaired) electrons. The summed E-state index contributed by atoms with van der Waals surface area (Å²) >= 11 is 0. The van der Waals surface area contributed by atoms with Gasteiger partial charge in [0.05, 0.1) is 25.7 Å². The number of benzene rings is 1. The number of esters is 1. The third kappa shape index (κ3) is 6.51. The number of hydrogen-bond acceptors (Lipinski definition) is 4. The molecule has 0 amide bonds. The van der Waals surface area contributed by atoms with E-state index in [0.29, 0.717) is 0 Å². The quantitative estimate of drug-likeness (QED) is 0.649. The van der Waals surface area contributed by atoms with Crippen LogP contribution in [0.1, 0.15) is 58.9 Å². The molecular weight excluding hydrogens is 371 g/mol. The maximum atomic E-state index is 13.4. The number of aliphatic hydroxyl groups excluding tert-OH is 2. The number of carbonyl (C=O) groups excluding carboxylic acids is 1. The normalized spacial score (nSPS) is 20.6. The second-order valence-corrected chi connectivity index (χ2v) is 9.40. The fraction of sp³-hybridized carbons (Fsp3) is 0.542. The maximum Gasteiger partial charge on any atom is 0.308 e. The van der Waals surface area contributed by atoms with Gasteiger partial charge in [-0.05, 0) is 52.5 Å². The number of rotatable bonds is 7. The Kier molecular flexibility index (Phi) is 7.41. The van der Waals surface area contributed by atoms with Crippen molar-refractivity contribution in [1.29, 1.82) is 0 Å². The monoisotopic (exact) mass is 404 g/mol. The molecule has 0 fully saturated rings. The fourth-order valence-corrected chi connectivity index (χ4v) is 4.49. The molecule has 160 valence electrons. The molecule has 0 bridgehead atoms. The summed E-state index contributed by atoms with van der Waals surface area (Å²) in [7, 11) is 1.27. The molecule has 5 heteroatoms. The van der Waals surface area contributed by atoms with Crippen LogP contribution in [0.15, 0.2) is 42.0 Å². The van der Waals surface area contributed by atoms with Crippen molar-refractivity contribution in [3.8, 4) is 0 Å². The van der Waals surface area contributed by atoms with Gasteiger partial charge in [-0.1, -0.05) is 52.0 Å². The van der Waals surface area contributed by atoms with Crippen LogP contribution in [0, 0.1) is 16.6 Å². The summed E-state index contributed by atoms with van der Waals surface area (Å²) in [6.45, 7) is 8.82. The van der Waals surface area contributed by atoms with E-state index in [1.165, 1.54) is 19.2 Å². The molecule has 2 atom stereocenters. The Hall–Kier alpha value is -1.98. The highest BCUT2D eigenvalue weighted by atomic mass is 19.1. The third-order valence-electron chi connectivity index (χ3n) is 5.45. The largest absolute Gasteiger partial charge is 0.469 e. The Labute approximate surface area is 173 Å². The second-order valence-electron chi connectivity index (χ2n) is 9.40. The van der Waals surface area contributed by atoms with Crippen molar-refractivity contribution in [3.63, 3.8) is 0 Å². The first kappa shape index (κ1) is 23.3. The number of ether oxygens (including phenoxy) is 1. The van der Waals surface area contributed by atoms with Crippen molar-refractivity contribution in [2.45, 2.75) is 65.6 Å². The van der Waals surface area contributed by atoms with Crippen LogP contribution < -0.4 is 0 Å². The molecule has 1 aromatic carbocycles. The van der Waals surface area contributed by atoms with Gasteiger partial charge in [-0.2, -0.15) is 0 Å². The summed E-state index contributed by atoms with van der Waals surface area (Å²) in [5.74, 6) is -0.776. The van der Waals surface area contributed by atoms with Gasteiger partial charge in [-0.3, -0.25) is 4.79 Å². The highest BCUT2D eigenvalue weighted by Crippen LogP contribution is 2.52. The van der Waals surface area contributed by atoms with Crippen molar-refractivity contribution < 1.29 is 24.1 Å². The lowest BCUT2D eigenvalue weighted by atomic mass is 9.61. The van der Waals surface area contributed by atoms with E-state index in [1.54, 1.807) is 18.2 Å². The predicted molar refractivity (Wildman–Crippen MR) is 113 cm³/mol. The summed E-state index contributed by atoms with van der Waals surface area (Å²) in [6.07, 6.45) is 3.46. The van der Waals surface area contributed by atoms with Gasteiger partial charge in [0, 0.05) is 6.42 Å². The highest BCUT2D eigenvalue weighted by molar-refractivity contribution is 5.73. The fourth-order valence-electron chi connectivity index (χ4n) is 4.49. The molecule has 29 heavy (non-hydrogen) atoms. The van der Waals surface area contributed by atoms with Crippen molar-refractivity contribution in [3.05, 3.63) is 53.4 Å². The molecule has 2 rings (SSSR count). The topological polar surface area (TPSA) is 66.8 Å². The van der Waals surface area contributed by atoms with Gasteiger partial charge in [-0.15, -0.1) is 0 Å². The molecule has 2 unspecified atom stereocenters. The third-order valence-corrected chi connectivity index (χ3v) is 5.45. The van der Waals surface area contributed by atoms with E-state index in [-0.39, 0.29) is 29.5 Å². The van der Waals surface area contributed by atoms with Gasteiger partial charge < -0.3 is 14.9 Å². The predicted octanol–water partition coefficient (Wildman–Crippen LogP) is 4.66. The zero-order valence-electron chi connectivity index (χ0n) is 18.0. The molecule has 0 spiro atoms. The Balaban J connectivity index is 2.31. The molecule has 2 N–H and O–H groups in total. The minimum absolute atomic E-state index is 0.0523. The summed E-state index contributed by atoms with van der Waals surface area (Å²) < 4.78 is 18.0. The van der Waals surface area contributed by atoms with Gasteiger partial charge in [0.25, 0.3) is 0 Å². The smallest absolute Gasteiger partial charge is 0.308 e. The van der Waals surface area contributed by atoms with Crippen LogP contribution in [-0.4, -0.2) is 35.5 Å². The van der Waals surface area contributed by atoms with E-state index in [2.05, 4.69) is 32.4 Å². The minimum atomic E-state index is -0.967. The van der Waals surface area contributed by atoms with Crippen LogP contribution >= 0.6 is 0 Å². The number of carbonyl (C=O) groups is 1. The zero-order valence-corrected chi connectivity index (χ0v) is 18.0. The van der Waals surface area contributed by atoms with Crippen LogP contribution in [-0.2, 0) is 9.53 Å². The standard InChI is InChI=1S/C24H33FO4/c1-23(2)14-20(16-6-8-17(25)9-7-16)21(24(3,4)15-23)11-10-18(26)12-19(27)13-22(28)29-5/h6-11,18-19,26-27H,12-15H2,1-5H3. The summed E-state index contributed by atoms with van der Waals surface area (Å²) in [5.41, 5.74) is 3.19. The van der Waals surface area contributed by atoms with Crippen molar-refractivity contribution in [2.24, 2.45) is 10.8 Å². The molecule has 0 aromatic heterocycles. The van der Waals surface area contributed by atoms with E-state index in [4.69, 9.17) is 0 Å². The first-order valence-electron chi connectivity index (χ1n) is 10.0. The van der Waals surface area contributed by atoms with Gasteiger partial charge in [0.2, 0.25) is 0 Å². The first-order chi connectivity index (χ1) is 13.4. The Morgan fingerprint density at radius 3 is 2.41 bits per heavy atom. The van der Waals surface area contributed by atoms with Crippen molar-refractivity contribution in [2.75, 3.05) is 7.11 Å². The lowest BCUT2D eigenvalue weighted by Crippen LogP contribution is -2.30. The Morgan fingerprint density at radius 2 is 1.83 bits per heavy atom. The van der Waals surface area contributed by atoms with Crippen LogP contribution in [0.4, 0.5) is 4.39 Å². The van der Waals surface area contributed by atoms with Crippen LogP contribution in [0.25, 0.3) is 5.57 Å². The molecule has 1 aliphatic rings. The summed E-state index contributed by atoms with van der Waals surface area (Å²) in [4.78, 5) is 11.3. The number of methoxy groups -OCH3 is 1. The van der Waals surface area contributed by atoms with E-state index in [9.17, 15) is 19.4 Å². The molecule has 1 aromatic rings. The van der Waals surface area contributed by atoms with E-state index >= 15 is 0 Å². The number of allylic oxidation sites excluding steroid dienone is 3. The van der Waals surface area contributed by atoms with Crippen molar-refractivity contribution >= 4 is 11.5 Å². The van der Waals surface area contributed by atoms with Crippen molar-refractivity contribution in [1.82, 2.24) is 0 Å². The van der Waals surface area contributed by atoms with Gasteiger partial charge in [0.1, 0.15) is 5.82 Å². The average Bonchev–Trinajstić information content (AvgIpc) is 2.59. The molecule has 0 saturated carbocycles. The zero-order chi connectivity index (χ0) is 21.8. The number of halogens is 1. The summed E-state index contributed by atoms with van der Waals surface area (Å²) in [6, 6.07) is 6.53. The lowest BCUT2D eigenvalue weighted by molar-refractivity contribution is -0.143. The average molecular weight is 405 g/mol. The highest BCUT2D eigenvalue weighted by Gasteiger charge is 2.38. The molecule has 0 saturated heterocycles. The molecule has 0 heterocycles. The Morgan fingerprint density at radius 1 is 1.21 bits per heavy atom. The van der Waals surface area contributed by atoms with Crippen LogP contribution in [0.3, 0.4) is 0 Å². The number of hydrogen-bond donors (Lipinski definition) is 2. The van der Waals surface area contributed by atoms with Crippen LogP contribution in [0.2, 0.25) is 0 Å². The lowest BCUT2D eigenvalue weighted by Gasteiger charge is -2.43.